The lowest BCUT2D eigenvalue weighted by Crippen LogP contribution is -2.21. The normalized spacial score (nSPS) is 10.5. The van der Waals surface area contributed by atoms with Gasteiger partial charge in [-0.2, -0.15) is 0 Å². The minimum absolute atomic E-state index is 0.103. The molecular weight excluding hydrogens is 405 g/mol. The first-order chi connectivity index (χ1) is 13.1. The van der Waals surface area contributed by atoms with Gasteiger partial charge in [0.1, 0.15) is 5.75 Å². The lowest BCUT2D eigenvalue weighted by Gasteiger charge is -2.10. The standard InChI is InChI=1S/C19H17Cl2N3O2S/c1-26-17-8-3-2-7-16(17)22-11-18(25)24-19-23-10-12(27-19)9-13-14(20)5-4-6-15(13)21/h2-8,10,22H,9,11H2,1H3,(H,23,24,25). The van der Waals surface area contributed by atoms with Crippen LogP contribution in [-0.4, -0.2) is 24.5 Å². The molecule has 0 atom stereocenters. The highest BCUT2D eigenvalue weighted by Crippen LogP contribution is 2.29. The first kappa shape index (κ1) is 19.5. The average molecular weight is 422 g/mol. The summed E-state index contributed by atoms with van der Waals surface area (Å²) in [6, 6.07) is 12.8. The molecule has 0 saturated carbocycles. The van der Waals surface area contributed by atoms with E-state index in [1.165, 1.54) is 11.3 Å². The fourth-order valence-electron chi connectivity index (χ4n) is 2.45. The first-order valence-corrected chi connectivity index (χ1v) is 9.68. The molecule has 2 aromatic carbocycles. The predicted octanol–water partition coefficient (Wildman–Crippen LogP) is 5.10. The van der Waals surface area contributed by atoms with Crippen molar-refractivity contribution >= 4 is 51.3 Å². The van der Waals surface area contributed by atoms with Crippen molar-refractivity contribution < 1.29 is 9.53 Å². The molecule has 0 bridgehead atoms. The Kier molecular flexibility index (Phi) is 6.55. The zero-order valence-electron chi connectivity index (χ0n) is 14.5. The summed E-state index contributed by atoms with van der Waals surface area (Å²) in [6.45, 7) is 0.103. The number of ether oxygens (including phenoxy) is 1. The molecule has 0 saturated heterocycles. The number of hydrogen-bond donors (Lipinski definition) is 2. The van der Waals surface area contributed by atoms with E-state index in [1.807, 2.05) is 24.3 Å². The quantitative estimate of drug-likeness (QED) is 0.556. The van der Waals surface area contributed by atoms with Crippen LogP contribution < -0.4 is 15.4 Å². The van der Waals surface area contributed by atoms with Crippen molar-refractivity contribution in [2.45, 2.75) is 6.42 Å². The molecule has 0 fully saturated rings. The molecule has 3 aromatic rings. The summed E-state index contributed by atoms with van der Waals surface area (Å²) in [4.78, 5) is 17.4. The van der Waals surface area contributed by atoms with Gasteiger partial charge in [-0.15, -0.1) is 11.3 Å². The molecule has 0 aliphatic rings. The molecule has 8 heteroatoms. The molecule has 0 unspecified atom stereocenters. The Morgan fingerprint density at radius 1 is 1.15 bits per heavy atom. The lowest BCUT2D eigenvalue weighted by atomic mass is 10.1. The van der Waals surface area contributed by atoms with Crippen LogP contribution in [0.4, 0.5) is 10.8 Å². The van der Waals surface area contributed by atoms with Crippen LogP contribution in [0.25, 0.3) is 0 Å². The van der Waals surface area contributed by atoms with Gasteiger partial charge < -0.3 is 15.4 Å². The van der Waals surface area contributed by atoms with Crippen LogP contribution in [-0.2, 0) is 11.2 Å². The minimum atomic E-state index is -0.197. The third-order valence-electron chi connectivity index (χ3n) is 3.76. The zero-order chi connectivity index (χ0) is 19.2. The van der Waals surface area contributed by atoms with Crippen LogP contribution >= 0.6 is 34.5 Å². The maximum absolute atomic E-state index is 12.2. The Labute approximate surface area is 171 Å². The van der Waals surface area contributed by atoms with E-state index in [1.54, 1.807) is 31.5 Å². The van der Waals surface area contributed by atoms with Crippen molar-refractivity contribution in [3.8, 4) is 5.75 Å². The fraction of sp³-hybridized carbons (Fsp3) is 0.158. The van der Waals surface area contributed by atoms with Crippen LogP contribution in [0.15, 0.2) is 48.7 Å². The predicted molar refractivity (Wildman–Crippen MR) is 111 cm³/mol. The van der Waals surface area contributed by atoms with E-state index in [4.69, 9.17) is 27.9 Å². The number of methoxy groups -OCH3 is 1. The second-order valence-corrected chi connectivity index (χ2v) is 7.54. The maximum atomic E-state index is 12.2. The zero-order valence-corrected chi connectivity index (χ0v) is 16.8. The van der Waals surface area contributed by atoms with Crippen LogP contribution in [0, 0.1) is 0 Å². The largest absolute Gasteiger partial charge is 0.495 e. The number of nitrogens with one attached hydrogen (secondary N) is 2. The van der Waals surface area contributed by atoms with E-state index >= 15 is 0 Å². The first-order valence-electron chi connectivity index (χ1n) is 8.11. The van der Waals surface area contributed by atoms with Gasteiger partial charge >= 0.3 is 0 Å². The second kappa shape index (κ2) is 9.08. The number of rotatable bonds is 7. The number of nitrogens with zero attached hydrogens (tertiary/aromatic N) is 1. The fourth-order valence-corrected chi connectivity index (χ4v) is 3.82. The van der Waals surface area contributed by atoms with Crippen molar-refractivity contribution in [2.24, 2.45) is 0 Å². The van der Waals surface area contributed by atoms with E-state index in [0.717, 1.165) is 16.1 Å². The van der Waals surface area contributed by atoms with Crippen LogP contribution in [0.2, 0.25) is 10.0 Å². The van der Waals surface area contributed by atoms with Gasteiger partial charge in [-0.05, 0) is 29.8 Å². The number of amides is 1. The summed E-state index contributed by atoms with van der Waals surface area (Å²) >= 11 is 13.8. The molecule has 140 valence electrons. The molecule has 1 amide bonds. The van der Waals surface area contributed by atoms with Gasteiger partial charge in [0.25, 0.3) is 0 Å². The molecule has 0 radical (unpaired) electrons. The van der Waals surface area contributed by atoms with Gasteiger partial charge in [-0.1, -0.05) is 41.4 Å². The molecule has 3 rings (SSSR count). The van der Waals surface area contributed by atoms with Crippen molar-refractivity contribution in [3.05, 3.63) is 69.1 Å². The minimum Gasteiger partial charge on any atom is -0.495 e. The third kappa shape index (κ3) is 5.13. The molecular formula is C19H17Cl2N3O2S. The van der Waals surface area contributed by atoms with Gasteiger partial charge in [-0.3, -0.25) is 4.79 Å². The topological polar surface area (TPSA) is 63.2 Å². The van der Waals surface area contributed by atoms with Gasteiger partial charge in [0.15, 0.2) is 5.13 Å². The number of thiazole rings is 1. The van der Waals surface area contributed by atoms with Gasteiger partial charge in [0, 0.05) is 27.5 Å². The summed E-state index contributed by atoms with van der Waals surface area (Å²) in [6.07, 6.45) is 2.28. The van der Waals surface area contributed by atoms with E-state index in [0.29, 0.717) is 27.3 Å². The van der Waals surface area contributed by atoms with E-state index in [9.17, 15) is 4.79 Å². The number of para-hydroxylation sites is 2. The number of anilines is 2. The summed E-state index contributed by atoms with van der Waals surface area (Å²) < 4.78 is 5.25. The van der Waals surface area contributed by atoms with Crippen LogP contribution in [0.1, 0.15) is 10.4 Å². The lowest BCUT2D eigenvalue weighted by molar-refractivity contribution is -0.114. The van der Waals surface area contributed by atoms with Gasteiger partial charge in [0.2, 0.25) is 5.91 Å². The van der Waals surface area contributed by atoms with Gasteiger partial charge in [-0.25, -0.2) is 4.98 Å². The number of hydrogen-bond acceptors (Lipinski definition) is 5. The molecule has 0 aliphatic heterocycles. The number of carbonyl (C=O) groups excluding carboxylic acids is 1. The molecule has 2 N–H and O–H groups in total. The second-order valence-electron chi connectivity index (χ2n) is 5.61. The Morgan fingerprint density at radius 3 is 2.63 bits per heavy atom. The number of benzene rings is 2. The van der Waals surface area contributed by atoms with E-state index in [-0.39, 0.29) is 12.5 Å². The molecule has 1 heterocycles. The van der Waals surface area contributed by atoms with Crippen molar-refractivity contribution in [3.63, 3.8) is 0 Å². The number of carbonyl (C=O) groups is 1. The molecule has 1 aromatic heterocycles. The van der Waals surface area contributed by atoms with E-state index < -0.39 is 0 Å². The smallest absolute Gasteiger partial charge is 0.245 e. The average Bonchev–Trinajstić information content (AvgIpc) is 3.10. The van der Waals surface area contributed by atoms with E-state index in [2.05, 4.69) is 15.6 Å². The highest BCUT2D eigenvalue weighted by atomic mass is 35.5. The summed E-state index contributed by atoms with van der Waals surface area (Å²) in [5.41, 5.74) is 1.60. The maximum Gasteiger partial charge on any atom is 0.245 e. The monoisotopic (exact) mass is 421 g/mol. The van der Waals surface area contributed by atoms with Gasteiger partial charge in [0.05, 0.1) is 19.3 Å². The van der Waals surface area contributed by atoms with Crippen LogP contribution in [0.5, 0.6) is 5.75 Å². The SMILES string of the molecule is COc1ccccc1NCC(=O)Nc1ncc(Cc2c(Cl)cccc2Cl)s1. The Hall–Kier alpha value is -2.28. The van der Waals surface area contributed by atoms with Crippen LogP contribution in [0.3, 0.4) is 0 Å². The molecule has 27 heavy (non-hydrogen) atoms. The summed E-state index contributed by atoms with van der Waals surface area (Å²) in [5, 5.41) is 7.59. The molecule has 0 spiro atoms. The summed E-state index contributed by atoms with van der Waals surface area (Å²) in [5.74, 6) is 0.482. The highest BCUT2D eigenvalue weighted by molar-refractivity contribution is 7.15. The molecule has 0 aliphatic carbocycles. The van der Waals surface area contributed by atoms with Crippen molar-refractivity contribution in [1.82, 2.24) is 4.98 Å². The highest BCUT2D eigenvalue weighted by Gasteiger charge is 2.11. The molecule has 5 nitrogen and oxygen atoms in total. The number of halogens is 2. The van der Waals surface area contributed by atoms with Crippen molar-refractivity contribution in [2.75, 3.05) is 24.3 Å². The Balaban J connectivity index is 1.58. The summed E-state index contributed by atoms with van der Waals surface area (Å²) in [7, 11) is 1.59. The van der Waals surface area contributed by atoms with Crippen molar-refractivity contribution in [1.29, 1.82) is 0 Å². The third-order valence-corrected chi connectivity index (χ3v) is 5.38. The Morgan fingerprint density at radius 2 is 1.89 bits per heavy atom. The Bertz CT molecular complexity index is 926. The number of aromatic nitrogens is 1.